The number of anilines is 1. The van der Waals surface area contributed by atoms with Gasteiger partial charge in [-0.05, 0) is 37.6 Å². The molecule has 0 aliphatic heterocycles. The molecule has 0 radical (unpaired) electrons. The van der Waals surface area contributed by atoms with E-state index in [-0.39, 0.29) is 11.9 Å². The predicted octanol–water partition coefficient (Wildman–Crippen LogP) is 3.37. The van der Waals surface area contributed by atoms with Gasteiger partial charge in [0.1, 0.15) is 0 Å². The molecule has 1 heterocycles. The average Bonchev–Trinajstić information content (AvgIpc) is 2.46. The van der Waals surface area contributed by atoms with Crippen molar-refractivity contribution in [2.75, 3.05) is 5.73 Å². The number of rotatable bonds is 4. The third-order valence-electron chi connectivity index (χ3n) is 3.22. The summed E-state index contributed by atoms with van der Waals surface area (Å²) in [7, 11) is 0. The number of halogens is 1. The molecule has 1 aromatic heterocycles. The Bertz CT molecular complexity index is 626. The van der Waals surface area contributed by atoms with Gasteiger partial charge in [0.25, 0.3) is 5.91 Å². The number of nitrogen functional groups attached to an aromatic ring is 1. The van der Waals surface area contributed by atoms with Crippen molar-refractivity contribution in [1.29, 1.82) is 0 Å². The highest BCUT2D eigenvalue weighted by molar-refractivity contribution is 6.33. The van der Waals surface area contributed by atoms with Crippen LogP contribution in [0.3, 0.4) is 0 Å². The fourth-order valence-corrected chi connectivity index (χ4v) is 2.21. The van der Waals surface area contributed by atoms with Crippen molar-refractivity contribution in [2.24, 2.45) is 0 Å². The number of nitrogens with two attached hydrogens (primary N) is 1. The quantitative estimate of drug-likeness (QED) is 0.881. The molecule has 2 aromatic rings. The lowest BCUT2D eigenvalue weighted by Crippen LogP contribution is -2.36. The first-order valence-corrected chi connectivity index (χ1v) is 7.11. The lowest BCUT2D eigenvalue weighted by atomic mass is 10.1. The Hall–Kier alpha value is -2.07. The first kappa shape index (κ1) is 15.3. The Morgan fingerprint density at radius 3 is 2.52 bits per heavy atom. The molecule has 0 saturated carbocycles. The van der Waals surface area contributed by atoms with Gasteiger partial charge < -0.3 is 10.6 Å². The van der Waals surface area contributed by atoms with Crippen molar-refractivity contribution in [1.82, 2.24) is 9.88 Å². The van der Waals surface area contributed by atoms with Gasteiger partial charge in [-0.15, -0.1) is 0 Å². The monoisotopic (exact) mass is 303 g/mol. The van der Waals surface area contributed by atoms with E-state index in [0.29, 0.717) is 22.8 Å². The Morgan fingerprint density at radius 2 is 1.95 bits per heavy atom. The Morgan fingerprint density at radius 1 is 1.29 bits per heavy atom. The lowest BCUT2D eigenvalue weighted by Gasteiger charge is -2.27. The predicted molar refractivity (Wildman–Crippen MR) is 85.1 cm³/mol. The molecule has 1 aromatic carbocycles. The average molecular weight is 304 g/mol. The van der Waals surface area contributed by atoms with Crippen LogP contribution in [0.4, 0.5) is 5.69 Å². The van der Waals surface area contributed by atoms with Crippen molar-refractivity contribution in [3.8, 4) is 0 Å². The van der Waals surface area contributed by atoms with E-state index in [1.165, 1.54) is 6.20 Å². The van der Waals surface area contributed by atoms with Crippen molar-refractivity contribution in [3.05, 3.63) is 58.9 Å². The summed E-state index contributed by atoms with van der Waals surface area (Å²) in [5.41, 5.74) is 7.88. The van der Waals surface area contributed by atoms with Gasteiger partial charge in [-0.25, -0.2) is 0 Å². The molecule has 0 atom stereocenters. The number of carbonyl (C=O) groups is 1. The van der Waals surface area contributed by atoms with E-state index < -0.39 is 0 Å². The Kier molecular flexibility index (Phi) is 4.81. The summed E-state index contributed by atoms with van der Waals surface area (Å²) in [5, 5.41) is 0.366. The third-order valence-corrected chi connectivity index (χ3v) is 3.52. The van der Waals surface area contributed by atoms with Crippen LogP contribution >= 0.6 is 11.6 Å². The summed E-state index contributed by atoms with van der Waals surface area (Å²) < 4.78 is 0. The summed E-state index contributed by atoms with van der Waals surface area (Å²) in [6, 6.07) is 9.20. The van der Waals surface area contributed by atoms with Crippen LogP contribution < -0.4 is 5.73 Å². The van der Waals surface area contributed by atoms with Gasteiger partial charge in [0.05, 0.1) is 10.6 Å². The number of aromatic nitrogens is 1. The van der Waals surface area contributed by atoms with Crippen molar-refractivity contribution >= 4 is 23.2 Å². The Balaban J connectivity index is 2.25. The highest BCUT2D eigenvalue weighted by atomic mass is 35.5. The maximum atomic E-state index is 12.7. The van der Waals surface area contributed by atoms with Crippen LogP contribution in [0.5, 0.6) is 0 Å². The molecule has 1 amide bonds. The fourth-order valence-electron chi connectivity index (χ4n) is 2.01. The number of hydrogen-bond donors (Lipinski definition) is 1. The van der Waals surface area contributed by atoms with Gasteiger partial charge in [0, 0.05) is 30.7 Å². The van der Waals surface area contributed by atoms with Crippen LogP contribution in [0, 0.1) is 0 Å². The van der Waals surface area contributed by atoms with E-state index in [9.17, 15) is 4.79 Å². The SMILES string of the molecule is CC(C)N(Cc1ccc(N)cc1)C(=O)c1ccncc1Cl. The lowest BCUT2D eigenvalue weighted by molar-refractivity contribution is 0.0690. The van der Waals surface area contributed by atoms with E-state index in [1.807, 2.05) is 38.1 Å². The zero-order valence-electron chi connectivity index (χ0n) is 12.1. The largest absolute Gasteiger partial charge is 0.399 e. The summed E-state index contributed by atoms with van der Waals surface area (Å²) in [6.45, 7) is 4.46. The summed E-state index contributed by atoms with van der Waals surface area (Å²) >= 11 is 6.07. The molecule has 2 rings (SSSR count). The molecular formula is C16H18ClN3O. The summed E-state index contributed by atoms with van der Waals surface area (Å²) in [5.74, 6) is -0.103. The van der Waals surface area contributed by atoms with E-state index in [2.05, 4.69) is 4.98 Å². The van der Waals surface area contributed by atoms with Gasteiger partial charge in [0.2, 0.25) is 0 Å². The maximum absolute atomic E-state index is 12.7. The number of amides is 1. The van der Waals surface area contributed by atoms with Gasteiger partial charge in [-0.3, -0.25) is 9.78 Å². The molecule has 0 unspecified atom stereocenters. The molecular weight excluding hydrogens is 286 g/mol. The molecule has 2 N–H and O–H groups in total. The van der Waals surface area contributed by atoms with Crippen molar-refractivity contribution in [3.63, 3.8) is 0 Å². The molecule has 21 heavy (non-hydrogen) atoms. The molecule has 0 fully saturated rings. The Labute approximate surface area is 129 Å². The summed E-state index contributed by atoms with van der Waals surface area (Å²) in [6.07, 6.45) is 3.05. The maximum Gasteiger partial charge on any atom is 0.256 e. The smallest absolute Gasteiger partial charge is 0.256 e. The second-order valence-corrected chi connectivity index (χ2v) is 5.53. The van der Waals surface area contributed by atoms with Crippen LogP contribution in [0.25, 0.3) is 0 Å². The molecule has 5 heteroatoms. The molecule has 4 nitrogen and oxygen atoms in total. The number of nitrogens with zero attached hydrogens (tertiary/aromatic N) is 2. The minimum Gasteiger partial charge on any atom is -0.399 e. The van der Waals surface area contributed by atoms with Gasteiger partial charge in [-0.2, -0.15) is 0 Å². The number of pyridine rings is 1. The minimum absolute atomic E-state index is 0.0549. The van der Waals surface area contributed by atoms with Crippen LogP contribution in [0.1, 0.15) is 29.8 Å². The molecule has 110 valence electrons. The number of hydrogen-bond acceptors (Lipinski definition) is 3. The highest BCUT2D eigenvalue weighted by Crippen LogP contribution is 2.19. The zero-order chi connectivity index (χ0) is 15.4. The molecule has 0 aliphatic carbocycles. The van der Waals surface area contributed by atoms with Gasteiger partial charge in [0.15, 0.2) is 0 Å². The molecule has 0 saturated heterocycles. The highest BCUT2D eigenvalue weighted by Gasteiger charge is 2.21. The van der Waals surface area contributed by atoms with Crippen LogP contribution in [-0.2, 0) is 6.54 Å². The standard InChI is InChI=1S/C16H18ClN3O/c1-11(2)20(10-12-3-5-13(18)6-4-12)16(21)14-7-8-19-9-15(14)17/h3-9,11H,10,18H2,1-2H3. The first-order valence-electron chi connectivity index (χ1n) is 6.74. The third kappa shape index (κ3) is 3.73. The molecule has 0 bridgehead atoms. The van der Waals surface area contributed by atoms with E-state index in [4.69, 9.17) is 17.3 Å². The van der Waals surface area contributed by atoms with Gasteiger partial charge >= 0.3 is 0 Å². The molecule has 0 aliphatic rings. The normalized spacial score (nSPS) is 10.7. The van der Waals surface area contributed by atoms with Crippen LogP contribution in [-0.4, -0.2) is 21.8 Å². The number of benzene rings is 1. The van der Waals surface area contributed by atoms with E-state index in [1.54, 1.807) is 17.2 Å². The topological polar surface area (TPSA) is 59.2 Å². The zero-order valence-corrected chi connectivity index (χ0v) is 12.8. The second-order valence-electron chi connectivity index (χ2n) is 5.12. The fraction of sp³-hybridized carbons (Fsp3) is 0.250. The van der Waals surface area contributed by atoms with Crippen molar-refractivity contribution in [2.45, 2.75) is 26.4 Å². The number of carbonyl (C=O) groups excluding carboxylic acids is 1. The van der Waals surface area contributed by atoms with Crippen LogP contribution in [0.2, 0.25) is 5.02 Å². The van der Waals surface area contributed by atoms with Crippen molar-refractivity contribution < 1.29 is 4.79 Å². The summed E-state index contributed by atoms with van der Waals surface area (Å²) in [4.78, 5) is 18.3. The van der Waals surface area contributed by atoms with Crippen LogP contribution in [0.15, 0.2) is 42.7 Å². The molecule has 0 spiro atoms. The minimum atomic E-state index is -0.103. The first-order chi connectivity index (χ1) is 9.99. The van der Waals surface area contributed by atoms with E-state index in [0.717, 1.165) is 5.56 Å². The van der Waals surface area contributed by atoms with Gasteiger partial charge in [-0.1, -0.05) is 23.7 Å². The van der Waals surface area contributed by atoms with E-state index >= 15 is 0 Å². The second kappa shape index (κ2) is 6.59.